The SMILES string of the molecule is O=P1(c2ccccc2)c2ccccc2-c2c1ccc1c3cc4ccccc4cc3n(I)c21. The van der Waals surface area contributed by atoms with E-state index in [2.05, 4.69) is 86.3 Å². The normalized spacial score (nSPS) is 17.2. The predicted molar refractivity (Wildman–Crippen MR) is 145 cm³/mol. The Labute approximate surface area is 199 Å². The summed E-state index contributed by atoms with van der Waals surface area (Å²) in [5.74, 6) is 0. The minimum atomic E-state index is -2.93. The lowest BCUT2D eigenvalue weighted by Gasteiger charge is -2.15. The summed E-state index contributed by atoms with van der Waals surface area (Å²) in [4.78, 5) is 0. The minimum Gasteiger partial charge on any atom is -0.309 e. The van der Waals surface area contributed by atoms with Gasteiger partial charge in [0.1, 0.15) is 0 Å². The van der Waals surface area contributed by atoms with Gasteiger partial charge in [0.25, 0.3) is 0 Å². The van der Waals surface area contributed by atoms with Crippen molar-refractivity contribution in [3.8, 4) is 11.1 Å². The molecule has 152 valence electrons. The Morgan fingerprint density at radius 3 is 2.16 bits per heavy atom. The van der Waals surface area contributed by atoms with Crippen molar-refractivity contribution in [1.29, 1.82) is 0 Å². The summed E-state index contributed by atoms with van der Waals surface area (Å²) in [6.45, 7) is 0. The molecule has 32 heavy (non-hydrogen) atoms. The number of aromatic nitrogens is 1. The van der Waals surface area contributed by atoms with Crippen LogP contribution in [0.25, 0.3) is 43.7 Å². The second kappa shape index (κ2) is 6.57. The number of nitrogens with zero attached hydrogens (tertiary/aromatic N) is 1. The van der Waals surface area contributed by atoms with E-state index in [0.29, 0.717) is 0 Å². The molecule has 2 nitrogen and oxygen atoms in total. The first-order chi connectivity index (χ1) is 15.7. The van der Waals surface area contributed by atoms with Crippen LogP contribution < -0.4 is 15.9 Å². The van der Waals surface area contributed by atoms with Crippen LogP contribution in [0.5, 0.6) is 0 Å². The molecule has 0 aliphatic carbocycles. The molecule has 0 spiro atoms. The first-order valence-corrected chi connectivity index (χ1v) is 13.3. The van der Waals surface area contributed by atoms with Gasteiger partial charge in [0.15, 0.2) is 7.14 Å². The highest BCUT2D eigenvalue weighted by Gasteiger charge is 2.41. The van der Waals surface area contributed by atoms with E-state index < -0.39 is 7.14 Å². The zero-order valence-electron chi connectivity index (χ0n) is 17.0. The topological polar surface area (TPSA) is 22.0 Å². The summed E-state index contributed by atoms with van der Waals surface area (Å²) < 4.78 is 17.1. The molecule has 1 aliphatic heterocycles. The van der Waals surface area contributed by atoms with E-state index in [0.717, 1.165) is 32.6 Å². The zero-order chi connectivity index (χ0) is 21.4. The number of hydrogen-bond acceptors (Lipinski definition) is 1. The van der Waals surface area contributed by atoms with Crippen LogP contribution in [0, 0.1) is 0 Å². The third kappa shape index (κ3) is 2.28. The lowest BCUT2D eigenvalue weighted by molar-refractivity contribution is 0.593. The van der Waals surface area contributed by atoms with Crippen LogP contribution in [0.15, 0.2) is 103 Å². The average Bonchev–Trinajstić information content (AvgIpc) is 3.28. The quantitative estimate of drug-likeness (QED) is 0.166. The molecule has 0 N–H and O–H groups in total. The van der Waals surface area contributed by atoms with E-state index >= 15 is 0 Å². The average molecular weight is 541 g/mol. The molecule has 0 fully saturated rings. The highest BCUT2D eigenvalue weighted by atomic mass is 127. The number of hydrogen-bond donors (Lipinski definition) is 0. The van der Waals surface area contributed by atoms with Crippen LogP contribution in [-0.2, 0) is 4.57 Å². The van der Waals surface area contributed by atoms with Gasteiger partial charge in [-0.05, 0) is 34.5 Å². The van der Waals surface area contributed by atoms with E-state index in [1.54, 1.807) is 0 Å². The Balaban J connectivity index is 1.67. The van der Waals surface area contributed by atoms with E-state index in [4.69, 9.17) is 0 Å². The summed E-state index contributed by atoms with van der Waals surface area (Å²) in [5, 5.41) is 7.69. The van der Waals surface area contributed by atoms with Gasteiger partial charge in [-0.2, -0.15) is 0 Å². The van der Waals surface area contributed by atoms with Crippen molar-refractivity contribution >= 4 is 78.5 Å². The number of rotatable bonds is 1. The Hall–Kier alpha value is -2.88. The number of halogens is 1. The molecular formula is C28H17INOP. The fourth-order valence-electron chi connectivity index (χ4n) is 5.26. The zero-order valence-corrected chi connectivity index (χ0v) is 20.0. The molecule has 0 amide bonds. The molecule has 0 bridgehead atoms. The van der Waals surface area contributed by atoms with Crippen molar-refractivity contribution < 1.29 is 4.57 Å². The van der Waals surface area contributed by atoms with Gasteiger partial charge < -0.3 is 4.57 Å². The van der Waals surface area contributed by atoms with Crippen LogP contribution in [-0.4, -0.2) is 2.78 Å². The van der Waals surface area contributed by atoms with Gasteiger partial charge in [0.05, 0.1) is 33.9 Å². The summed E-state index contributed by atoms with van der Waals surface area (Å²) >= 11 is 2.41. The fraction of sp³-hybridized carbons (Fsp3) is 0. The second-order valence-corrected chi connectivity index (χ2v) is 12.0. The third-order valence-corrected chi connectivity index (χ3v) is 10.8. The fourth-order valence-corrected chi connectivity index (χ4v) is 9.22. The Bertz CT molecular complexity index is 1770. The standard InChI is InChI=1S/C28H17INOP/c29-30-24-17-19-9-5-4-8-18(19)16-23(24)21-14-15-26-27(28(21)30)22-12-6-7-13-25(22)32(26,31)20-10-2-1-3-11-20/h1-17H. The van der Waals surface area contributed by atoms with Crippen LogP contribution in [0.4, 0.5) is 0 Å². The molecule has 5 aromatic carbocycles. The lowest BCUT2D eigenvalue weighted by Crippen LogP contribution is -2.20. The molecule has 0 radical (unpaired) electrons. The van der Waals surface area contributed by atoms with Gasteiger partial charge in [-0.3, -0.25) is 2.78 Å². The van der Waals surface area contributed by atoms with E-state index in [9.17, 15) is 4.57 Å². The smallest absolute Gasteiger partial charge is 0.172 e. The van der Waals surface area contributed by atoms with E-state index in [1.807, 2.05) is 42.5 Å². The molecule has 1 atom stereocenters. The van der Waals surface area contributed by atoms with Gasteiger partial charge in [0, 0.05) is 32.2 Å². The molecule has 1 aliphatic rings. The Morgan fingerprint density at radius 1 is 0.656 bits per heavy atom. The molecule has 6 aromatic rings. The van der Waals surface area contributed by atoms with Crippen LogP contribution in [0.1, 0.15) is 0 Å². The maximum absolute atomic E-state index is 14.8. The van der Waals surface area contributed by atoms with Gasteiger partial charge in [-0.15, -0.1) is 0 Å². The van der Waals surface area contributed by atoms with E-state index in [1.165, 1.54) is 27.1 Å². The van der Waals surface area contributed by atoms with Crippen LogP contribution in [0.3, 0.4) is 0 Å². The summed E-state index contributed by atoms with van der Waals surface area (Å²) in [7, 11) is -2.93. The van der Waals surface area contributed by atoms with Gasteiger partial charge >= 0.3 is 0 Å². The molecule has 4 heteroatoms. The largest absolute Gasteiger partial charge is 0.309 e. The summed E-state index contributed by atoms with van der Waals surface area (Å²) in [5.41, 5.74) is 4.53. The molecule has 0 saturated carbocycles. The van der Waals surface area contributed by atoms with E-state index in [-0.39, 0.29) is 0 Å². The van der Waals surface area contributed by atoms with Crippen molar-refractivity contribution in [1.82, 2.24) is 2.78 Å². The van der Waals surface area contributed by atoms with Gasteiger partial charge in [-0.25, -0.2) is 0 Å². The van der Waals surface area contributed by atoms with Crippen LogP contribution >= 0.6 is 30.0 Å². The molecule has 1 unspecified atom stereocenters. The Morgan fingerprint density at radius 2 is 1.34 bits per heavy atom. The molecular weight excluding hydrogens is 524 g/mol. The third-order valence-electron chi connectivity index (χ3n) is 6.69. The number of fused-ring (bicyclic) bond motifs is 8. The van der Waals surface area contributed by atoms with Crippen molar-refractivity contribution in [3.05, 3.63) is 103 Å². The molecule has 2 heterocycles. The summed E-state index contributed by atoms with van der Waals surface area (Å²) in [6.07, 6.45) is 0. The van der Waals surface area contributed by atoms with Crippen molar-refractivity contribution in [3.63, 3.8) is 0 Å². The minimum absolute atomic E-state index is 0.896. The van der Waals surface area contributed by atoms with Crippen molar-refractivity contribution in [2.24, 2.45) is 0 Å². The molecule has 1 aromatic heterocycles. The van der Waals surface area contributed by atoms with Gasteiger partial charge in [0.2, 0.25) is 0 Å². The Kier molecular flexibility index (Phi) is 3.83. The maximum Gasteiger partial charge on any atom is 0.172 e. The molecule has 7 rings (SSSR count). The predicted octanol–water partition coefficient (Wildman–Crippen LogP) is 6.77. The number of benzene rings is 5. The summed E-state index contributed by atoms with van der Waals surface area (Å²) in [6, 6.07) is 35.5. The lowest BCUT2D eigenvalue weighted by atomic mass is 10.0. The first kappa shape index (κ1) is 18.7. The maximum atomic E-state index is 14.8. The second-order valence-electron chi connectivity index (χ2n) is 8.32. The van der Waals surface area contributed by atoms with Crippen LogP contribution in [0.2, 0.25) is 0 Å². The van der Waals surface area contributed by atoms with Crippen molar-refractivity contribution in [2.75, 3.05) is 0 Å². The monoisotopic (exact) mass is 541 g/mol. The first-order valence-electron chi connectivity index (χ1n) is 10.6. The van der Waals surface area contributed by atoms with Crippen molar-refractivity contribution in [2.45, 2.75) is 0 Å². The highest BCUT2D eigenvalue weighted by Crippen LogP contribution is 2.54. The van der Waals surface area contributed by atoms with Gasteiger partial charge in [-0.1, -0.05) is 84.9 Å². The molecule has 0 saturated heterocycles. The highest BCUT2D eigenvalue weighted by molar-refractivity contribution is 14.1.